The van der Waals surface area contributed by atoms with Gasteiger partial charge in [-0.15, -0.1) is 0 Å². The highest BCUT2D eigenvalue weighted by Crippen LogP contribution is 2.52. The molecule has 64 valence electrons. The third kappa shape index (κ3) is 0.849. The van der Waals surface area contributed by atoms with Gasteiger partial charge < -0.3 is 14.9 Å². The fourth-order valence-electron chi connectivity index (χ4n) is 2.38. The number of fused-ring (bicyclic) bond motifs is 1. The lowest BCUT2D eigenvalue weighted by molar-refractivity contribution is -0.184. The average Bonchev–Trinajstić information content (AvgIpc) is 2.39. The Balaban J connectivity index is 2.25. The van der Waals surface area contributed by atoms with Crippen LogP contribution in [-0.2, 0) is 4.74 Å². The molecule has 0 bridgehead atoms. The van der Waals surface area contributed by atoms with E-state index in [0.29, 0.717) is 0 Å². The molecule has 2 N–H and O–H groups in total. The van der Waals surface area contributed by atoms with Crippen LogP contribution in [-0.4, -0.2) is 22.8 Å². The summed E-state index contributed by atoms with van der Waals surface area (Å²) in [4.78, 5) is 0. The molecule has 0 spiro atoms. The molecule has 2 fully saturated rings. The van der Waals surface area contributed by atoms with Gasteiger partial charge >= 0.3 is 0 Å². The van der Waals surface area contributed by atoms with Crippen molar-refractivity contribution in [1.29, 1.82) is 0 Å². The molecule has 3 nitrogen and oxygen atoms in total. The first-order valence-corrected chi connectivity index (χ1v) is 4.16. The first-order chi connectivity index (χ1) is 5.14. The Bertz CT molecular complexity index is 171. The quantitative estimate of drug-likeness (QED) is 0.538. The van der Waals surface area contributed by atoms with Crippen molar-refractivity contribution in [3.63, 3.8) is 0 Å². The molecule has 0 aromatic heterocycles. The van der Waals surface area contributed by atoms with Gasteiger partial charge in [0.1, 0.15) is 0 Å². The van der Waals surface area contributed by atoms with Crippen LogP contribution in [0.25, 0.3) is 0 Å². The number of aliphatic hydroxyl groups is 2. The summed E-state index contributed by atoms with van der Waals surface area (Å²) < 4.78 is 4.94. The lowest BCUT2D eigenvalue weighted by Crippen LogP contribution is -2.29. The van der Waals surface area contributed by atoms with Crippen LogP contribution in [0.15, 0.2) is 0 Å². The number of rotatable bonds is 0. The van der Waals surface area contributed by atoms with E-state index < -0.39 is 12.6 Å². The zero-order valence-electron chi connectivity index (χ0n) is 6.66. The molecule has 1 saturated carbocycles. The Morgan fingerprint density at radius 3 is 2.82 bits per heavy atom. The van der Waals surface area contributed by atoms with Gasteiger partial charge in [-0.1, -0.05) is 13.3 Å². The van der Waals surface area contributed by atoms with Crippen molar-refractivity contribution in [2.24, 2.45) is 11.3 Å². The van der Waals surface area contributed by atoms with Gasteiger partial charge in [0.25, 0.3) is 0 Å². The largest absolute Gasteiger partial charge is 0.368 e. The van der Waals surface area contributed by atoms with Crippen molar-refractivity contribution >= 4 is 0 Å². The maximum Gasteiger partial charge on any atom is 0.163 e. The fraction of sp³-hybridized carbons (Fsp3) is 1.00. The number of aliphatic hydroxyl groups excluding tert-OH is 2. The van der Waals surface area contributed by atoms with Gasteiger partial charge in [0.2, 0.25) is 0 Å². The molecule has 1 aliphatic heterocycles. The van der Waals surface area contributed by atoms with Gasteiger partial charge in [0, 0.05) is 11.3 Å². The summed E-state index contributed by atoms with van der Waals surface area (Å²) in [5.74, 6) is 0.150. The molecule has 0 radical (unpaired) electrons. The third-order valence-electron chi connectivity index (χ3n) is 3.25. The number of hydrogen-bond donors (Lipinski definition) is 2. The Hall–Kier alpha value is -0.120. The maximum atomic E-state index is 9.45. The van der Waals surface area contributed by atoms with Crippen LogP contribution in [0, 0.1) is 11.3 Å². The first kappa shape index (κ1) is 7.53. The normalized spacial score (nSPS) is 56.5. The highest BCUT2D eigenvalue weighted by atomic mass is 16.7. The van der Waals surface area contributed by atoms with Crippen molar-refractivity contribution in [1.82, 2.24) is 0 Å². The predicted octanol–water partition coefficient (Wildman–Crippen LogP) is 0.460. The lowest BCUT2D eigenvalue weighted by Gasteiger charge is -2.24. The average molecular weight is 158 g/mol. The van der Waals surface area contributed by atoms with Crippen molar-refractivity contribution in [2.75, 3.05) is 0 Å². The number of ether oxygens (including phenoxy) is 1. The van der Waals surface area contributed by atoms with E-state index in [2.05, 4.69) is 0 Å². The number of hydrogen-bond acceptors (Lipinski definition) is 3. The molecular formula is C8H14O3. The molecule has 0 aromatic carbocycles. The van der Waals surface area contributed by atoms with Crippen LogP contribution in [0.5, 0.6) is 0 Å². The van der Waals surface area contributed by atoms with Gasteiger partial charge in [-0.2, -0.15) is 0 Å². The van der Waals surface area contributed by atoms with Crippen LogP contribution in [0.2, 0.25) is 0 Å². The van der Waals surface area contributed by atoms with Gasteiger partial charge in [-0.25, -0.2) is 0 Å². The van der Waals surface area contributed by atoms with Crippen molar-refractivity contribution < 1.29 is 14.9 Å². The first-order valence-electron chi connectivity index (χ1n) is 4.16. The van der Waals surface area contributed by atoms with Crippen molar-refractivity contribution in [2.45, 2.75) is 38.8 Å². The van der Waals surface area contributed by atoms with E-state index in [9.17, 15) is 10.2 Å². The van der Waals surface area contributed by atoms with E-state index in [0.717, 1.165) is 19.3 Å². The summed E-state index contributed by atoms with van der Waals surface area (Å²) in [7, 11) is 0. The van der Waals surface area contributed by atoms with Gasteiger partial charge in [-0.3, -0.25) is 0 Å². The monoisotopic (exact) mass is 158 g/mol. The second-order valence-electron chi connectivity index (χ2n) is 3.88. The van der Waals surface area contributed by atoms with Crippen LogP contribution in [0.3, 0.4) is 0 Å². The molecule has 4 unspecified atom stereocenters. The van der Waals surface area contributed by atoms with Crippen LogP contribution < -0.4 is 0 Å². The van der Waals surface area contributed by atoms with Crippen LogP contribution in [0.4, 0.5) is 0 Å². The van der Waals surface area contributed by atoms with E-state index >= 15 is 0 Å². The molecule has 0 amide bonds. The van der Waals surface area contributed by atoms with Crippen LogP contribution in [0.1, 0.15) is 26.2 Å². The summed E-state index contributed by atoms with van der Waals surface area (Å²) in [5.41, 5.74) is -0.181. The van der Waals surface area contributed by atoms with E-state index in [1.54, 1.807) is 0 Å². The third-order valence-corrected chi connectivity index (χ3v) is 3.25. The highest BCUT2D eigenvalue weighted by molar-refractivity contribution is 4.96. The van der Waals surface area contributed by atoms with Gasteiger partial charge in [0.15, 0.2) is 12.6 Å². The van der Waals surface area contributed by atoms with E-state index in [1.165, 1.54) is 0 Å². The second-order valence-corrected chi connectivity index (χ2v) is 3.88. The topological polar surface area (TPSA) is 49.7 Å². The second kappa shape index (κ2) is 2.19. The molecule has 2 rings (SSSR count). The molecule has 3 heteroatoms. The molecule has 0 aromatic rings. The minimum absolute atomic E-state index is 0.150. The van der Waals surface area contributed by atoms with Crippen molar-refractivity contribution in [3.05, 3.63) is 0 Å². The molecule has 11 heavy (non-hydrogen) atoms. The smallest absolute Gasteiger partial charge is 0.163 e. The Kier molecular flexibility index (Phi) is 1.50. The maximum absolute atomic E-state index is 9.45. The van der Waals surface area contributed by atoms with E-state index in [4.69, 9.17) is 4.74 Å². The molecule has 1 aliphatic carbocycles. The minimum atomic E-state index is -0.759. The lowest BCUT2D eigenvalue weighted by atomic mass is 9.81. The van der Waals surface area contributed by atoms with Gasteiger partial charge in [-0.05, 0) is 12.8 Å². The van der Waals surface area contributed by atoms with E-state index in [1.807, 2.05) is 6.92 Å². The van der Waals surface area contributed by atoms with Gasteiger partial charge in [0.05, 0.1) is 0 Å². The summed E-state index contributed by atoms with van der Waals surface area (Å²) >= 11 is 0. The molecule has 2 aliphatic rings. The summed E-state index contributed by atoms with van der Waals surface area (Å²) in [6.07, 6.45) is 1.55. The zero-order valence-corrected chi connectivity index (χ0v) is 6.66. The molecule has 1 heterocycles. The summed E-state index contributed by atoms with van der Waals surface area (Å²) in [6, 6.07) is 0. The summed E-state index contributed by atoms with van der Waals surface area (Å²) in [6.45, 7) is 1.99. The SMILES string of the molecule is CC12CCCC1C(O)OC2O. The predicted molar refractivity (Wildman–Crippen MR) is 38.5 cm³/mol. The van der Waals surface area contributed by atoms with Crippen LogP contribution >= 0.6 is 0 Å². The fourth-order valence-corrected chi connectivity index (χ4v) is 2.38. The highest BCUT2D eigenvalue weighted by Gasteiger charge is 2.54. The molecular weight excluding hydrogens is 144 g/mol. The Morgan fingerprint density at radius 1 is 1.45 bits per heavy atom. The molecule has 1 saturated heterocycles. The standard InChI is InChI=1S/C8H14O3/c1-8-4-2-3-5(8)6(9)11-7(8)10/h5-7,9-10H,2-4H2,1H3. The van der Waals surface area contributed by atoms with Crippen molar-refractivity contribution in [3.8, 4) is 0 Å². The summed E-state index contributed by atoms with van der Waals surface area (Å²) in [5, 5.41) is 18.8. The Morgan fingerprint density at radius 2 is 2.18 bits per heavy atom. The zero-order chi connectivity index (χ0) is 8.06. The minimum Gasteiger partial charge on any atom is -0.368 e. The Labute approximate surface area is 66.0 Å². The molecule has 4 atom stereocenters. The van der Waals surface area contributed by atoms with E-state index in [-0.39, 0.29) is 11.3 Å².